The fraction of sp³-hybridized carbons (Fsp3) is 0.161. The Bertz CT molecular complexity index is 1540. The van der Waals surface area contributed by atoms with E-state index >= 15 is 0 Å². The first-order valence-corrected chi connectivity index (χ1v) is 14.1. The standard InChI is InChI=1S/C31H26F3O6P/c1-39-29(36)24-11-9-23(10-12-24)28(35)31(19-21-5-3-2-4-6-21,25-13-15-26(32)16-14-25)20-22-7-17-27(18-8-22)40-41(37,38)30(33)34/h2-18,30H,19-20H2,1H3,(H,37,38). The minimum atomic E-state index is -5.17. The van der Waals surface area contributed by atoms with Crippen molar-refractivity contribution in [3.05, 3.63) is 137 Å². The second-order valence-electron chi connectivity index (χ2n) is 9.40. The minimum Gasteiger partial charge on any atom is -0.465 e. The maximum Gasteiger partial charge on any atom is 0.442 e. The van der Waals surface area contributed by atoms with Crippen LogP contribution in [0.4, 0.5) is 13.2 Å². The van der Waals surface area contributed by atoms with Gasteiger partial charge in [0.05, 0.1) is 18.1 Å². The van der Waals surface area contributed by atoms with E-state index in [0.717, 1.165) is 5.56 Å². The third-order valence-electron chi connectivity index (χ3n) is 6.66. The predicted molar refractivity (Wildman–Crippen MR) is 147 cm³/mol. The fourth-order valence-electron chi connectivity index (χ4n) is 4.63. The van der Waals surface area contributed by atoms with Crippen LogP contribution in [0.1, 0.15) is 37.4 Å². The number of alkyl halides is 2. The lowest BCUT2D eigenvalue weighted by atomic mass is 9.67. The molecule has 0 heterocycles. The van der Waals surface area contributed by atoms with Crippen molar-refractivity contribution in [3.8, 4) is 5.75 Å². The second-order valence-corrected chi connectivity index (χ2v) is 11.1. The number of esters is 1. The van der Waals surface area contributed by atoms with Gasteiger partial charge >= 0.3 is 19.7 Å². The lowest BCUT2D eigenvalue weighted by Crippen LogP contribution is -2.40. The SMILES string of the molecule is COC(=O)c1ccc(C(=O)C(Cc2ccccc2)(Cc2ccc(OP(=O)(O)C(F)F)cc2)c2ccc(F)cc2)cc1. The molecule has 2 unspecified atom stereocenters. The van der Waals surface area contributed by atoms with Crippen LogP contribution in [0.2, 0.25) is 0 Å². The van der Waals surface area contributed by atoms with Crippen LogP contribution < -0.4 is 4.52 Å². The van der Waals surface area contributed by atoms with E-state index in [2.05, 4.69) is 4.52 Å². The molecular formula is C31H26F3O6P. The third kappa shape index (κ3) is 6.93. The van der Waals surface area contributed by atoms with Gasteiger partial charge < -0.3 is 14.2 Å². The van der Waals surface area contributed by atoms with Gasteiger partial charge in [0.1, 0.15) is 11.6 Å². The summed E-state index contributed by atoms with van der Waals surface area (Å²) < 4.78 is 60.7. The molecule has 2 atom stereocenters. The summed E-state index contributed by atoms with van der Waals surface area (Å²) in [6.45, 7) is 0. The molecule has 0 saturated heterocycles. The minimum absolute atomic E-state index is 0.0943. The van der Waals surface area contributed by atoms with Gasteiger partial charge in [-0.25, -0.2) is 13.8 Å². The lowest BCUT2D eigenvalue weighted by Gasteiger charge is -2.34. The molecule has 0 aliphatic heterocycles. The van der Waals surface area contributed by atoms with Gasteiger partial charge in [-0.3, -0.25) is 4.79 Å². The van der Waals surface area contributed by atoms with E-state index in [0.29, 0.717) is 16.7 Å². The zero-order valence-electron chi connectivity index (χ0n) is 21.9. The van der Waals surface area contributed by atoms with Crippen molar-refractivity contribution in [1.29, 1.82) is 0 Å². The smallest absolute Gasteiger partial charge is 0.442 e. The average Bonchev–Trinajstić information content (AvgIpc) is 2.97. The monoisotopic (exact) mass is 582 g/mol. The molecule has 10 heteroatoms. The van der Waals surface area contributed by atoms with Crippen molar-refractivity contribution >= 4 is 19.3 Å². The first kappa shape index (κ1) is 29.8. The molecule has 0 saturated carbocycles. The highest BCUT2D eigenvalue weighted by atomic mass is 31.2. The molecule has 6 nitrogen and oxygen atoms in total. The Kier molecular flexibility index (Phi) is 9.11. The van der Waals surface area contributed by atoms with Crippen molar-refractivity contribution in [2.75, 3.05) is 7.11 Å². The van der Waals surface area contributed by atoms with Crippen LogP contribution >= 0.6 is 7.60 Å². The number of carbonyl (C=O) groups is 2. The zero-order valence-corrected chi connectivity index (χ0v) is 22.8. The first-order valence-electron chi connectivity index (χ1n) is 12.5. The Labute approximate surface area is 234 Å². The van der Waals surface area contributed by atoms with Gasteiger partial charge in [-0.15, -0.1) is 0 Å². The second kappa shape index (κ2) is 12.5. The Morgan fingerprint density at radius 1 is 0.805 bits per heavy atom. The molecule has 0 aliphatic carbocycles. The van der Waals surface area contributed by atoms with Crippen LogP contribution in [0.5, 0.6) is 5.75 Å². The van der Waals surface area contributed by atoms with E-state index < -0.39 is 31.0 Å². The summed E-state index contributed by atoms with van der Waals surface area (Å²) in [6, 6.07) is 26.5. The van der Waals surface area contributed by atoms with Gasteiger partial charge in [0.25, 0.3) is 0 Å². The summed E-state index contributed by atoms with van der Waals surface area (Å²) in [4.78, 5) is 35.8. The summed E-state index contributed by atoms with van der Waals surface area (Å²) in [5.74, 6) is -1.58. The molecule has 0 fully saturated rings. The van der Waals surface area contributed by atoms with E-state index in [1.807, 2.05) is 30.3 Å². The average molecular weight is 583 g/mol. The van der Waals surface area contributed by atoms with Gasteiger partial charge in [-0.2, -0.15) is 8.78 Å². The highest BCUT2D eigenvalue weighted by Gasteiger charge is 2.41. The molecule has 0 radical (unpaired) electrons. The molecule has 0 aromatic heterocycles. The molecule has 1 N–H and O–H groups in total. The summed E-state index contributed by atoms with van der Waals surface area (Å²) in [5, 5.41) is 0. The van der Waals surface area contributed by atoms with Crippen molar-refractivity contribution in [2.45, 2.75) is 24.4 Å². The quantitative estimate of drug-likeness (QED) is 0.116. The molecular weight excluding hydrogens is 556 g/mol. The molecule has 4 rings (SSSR count). The number of benzene rings is 4. The zero-order chi connectivity index (χ0) is 29.6. The Balaban J connectivity index is 1.81. The topological polar surface area (TPSA) is 89.9 Å². The van der Waals surface area contributed by atoms with Gasteiger partial charge in [0.15, 0.2) is 5.78 Å². The van der Waals surface area contributed by atoms with E-state index in [1.165, 1.54) is 67.8 Å². The maximum absolute atomic E-state index is 14.5. The number of carbonyl (C=O) groups excluding carboxylic acids is 2. The van der Waals surface area contributed by atoms with Crippen molar-refractivity contribution < 1.29 is 41.5 Å². The van der Waals surface area contributed by atoms with Crippen LogP contribution in [-0.2, 0) is 27.6 Å². The van der Waals surface area contributed by atoms with Crippen LogP contribution in [0, 0.1) is 5.82 Å². The molecule has 212 valence electrons. The first-order chi connectivity index (χ1) is 19.5. The van der Waals surface area contributed by atoms with Crippen molar-refractivity contribution in [3.63, 3.8) is 0 Å². The summed E-state index contributed by atoms with van der Waals surface area (Å²) in [5.41, 5.74) is 1.23. The van der Waals surface area contributed by atoms with E-state index in [4.69, 9.17) is 4.74 Å². The number of halogens is 3. The van der Waals surface area contributed by atoms with E-state index in [-0.39, 0.29) is 29.9 Å². The summed E-state index contributed by atoms with van der Waals surface area (Å²) in [6.07, 6.45) is -3.26. The molecule has 0 amide bonds. The largest absolute Gasteiger partial charge is 0.465 e. The van der Waals surface area contributed by atoms with Crippen LogP contribution in [0.25, 0.3) is 0 Å². The molecule has 0 bridgehead atoms. The highest BCUT2D eigenvalue weighted by Crippen LogP contribution is 2.49. The maximum atomic E-state index is 14.5. The number of hydrogen-bond acceptors (Lipinski definition) is 5. The summed E-state index contributed by atoms with van der Waals surface area (Å²) in [7, 11) is -3.91. The normalized spacial score (nSPS) is 14.1. The van der Waals surface area contributed by atoms with Gasteiger partial charge in [0, 0.05) is 5.56 Å². The Morgan fingerprint density at radius 3 is 1.88 bits per heavy atom. The number of rotatable bonds is 11. The number of hydrogen-bond donors (Lipinski definition) is 1. The predicted octanol–water partition coefficient (Wildman–Crippen LogP) is 7.01. The number of methoxy groups -OCH3 is 1. The molecule has 4 aromatic carbocycles. The van der Waals surface area contributed by atoms with E-state index in [9.17, 15) is 32.2 Å². The number of Topliss-reactive ketones (excluding diaryl/α,β-unsaturated/α-hetero) is 1. The Morgan fingerprint density at radius 2 is 1.34 bits per heavy atom. The third-order valence-corrected chi connectivity index (χ3v) is 7.63. The summed E-state index contributed by atoms with van der Waals surface area (Å²) >= 11 is 0. The molecule has 0 spiro atoms. The van der Waals surface area contributed by atoms with Crippen LogP contribution in [-0.4, -0.2) is 29.9 Å². The fourth-order valence-corrected chi connectivity index (χ4v) is 5.13. The van der Waals surface area contributed by atoms with Gasteiger partial charge in [-0.1, -0.05) is 66.7 Å². The number of ketones is 1. The molecule has 4 aromatic rings. The van der Waals surface area contributed by atoms with Gasteiger partial charge in [-0.05, 0) is 65.9 Å². The van der Waals surface area contributed by atoms with Crippen LogP contribution in [0.15, 0.2) is 103 Å². The van der Waals surface area contributed by atoms with Gasteiger partial charge in [0.2, 0.25) is 0 Å². The number of ether oxygens (including phenoxy) is 1. The van der Waals surface area contributed by atoms with Crippen molar-refractivity contribution in [2.24, 2.45) is 0 Å². The van der Waals surface area contributed by atoms with Crippen LogP contribution in [0.3, 0.4) is 0 Å². The Hall–Kier alpha value is -4.20. The van der Waals surface area contributed by atoms with E-state index in [1.54, 1.807) is 12.1 Å². The molecule has 41 heavy (non-hydrogen) atoms. The lowest BCUT2D eigenvalue weighted by molar-refractivity contribution is 0.0600. The van der Waals surface area contributed by atoms with Crippen molar-refractivity contribution in [1.82, 2.24) is 0 Å². The highest BCUT2D eigenvalue weighted by molar-refractivity contribution is 7.53. The molecule has 0 aliphatic rings.